The minimum atomic E-state index is 0.0685. The molecule has 1 heterocycles. The summed E-state index contributed by atoms with van der Waals surface area (Å²) in [6, 6.07) is 5.80. The second-order valence-electron chi connectivity index (χ2n) is 3.86. The van der Waals surface area contributed by atoms with Crippen LogP contribution in [-0.2, 0) is 6.54 Å². The quantitative estimate of drug-likeness (QED) is 0.824. The lowest BCUT2D eigenvalue weighted by Crippen LogP contribution is -2.29. The van der Waals surface area contributed by atoms with Crippen LogP contribution in [0.15, 0.2) is 22.7 Å². The molecule has 1 saturated heterocycles. The molecule has 0 spiro atoms. The monoisotopic (exact) mass is 302 g/mol. The molecule has 16 heavy (non-hydrogen) atoms. The lowest BCUT2D eigenvalue weighted by Gasteiger charge is -2.16. The third-order valence-electron chi connectivity index (χ3n) is 2.68. The van der Waals surface area contributed by atoms with Gasteiger partial charge in [-0.15, -0.1) is 0 Å². The lowest BCUT2D eigenvalue weighted by atomic mass is 10.2. The van der Waals surface area contributed by atoms with Crippen LogP contribution in [0.1, 0.15) is 5.56 Å². The van der Waals surface area contributed by atoms with Gasteiger partial charge >= 0.3 is 6.03 Å². The van der Waals surface area contributed by atoms with Crippen LogP contribution < -0.4 is 0 Å². The largest absolute Gasteiger partial charge is 0.326 e. The maximum atomic E-state index is 11.7. The second kappa shape index (κ2) is 4.63. The fraction of sp³-hybridized carbons (Fsp3) is 0.364. The molecule has 3 nitrogen and oxygen atoms in total. The molecule has 0 saturated carbocycles. The lowest BCUT2D eigenvalue weighted by molar-refractivity contribution is 0.197. The number of nitrogens with zero attached hydrogens (tertiary/aromatic N) is 2. The van der Waals surface area contributed by atoms with E-state index in [0.717, 1.165) is 23.1 Å². The molecule has 5 heteroatoms. The van der Waals surface area contributed by atoms with Crippen LogP contribution in [0.3, 0.4) is 0 Å². The number of likely N-dealkylation sites (N-methyl/N-ethyl adjacent to an activating group) is 1. The number of amides is 2. The molecule has 0 aromatic heterocycles. The van der Waals surface area contributed by atoms with Gasteiger partial charge in [0, 0.05) is 36.2 Å². The summed E-state index contributed by atoms with van der Waals surface area (Å²) in [5, 5.41) is 0.691. The summed E-state index contributed by atoms with van der Waals surface area (Å²) in [7, 11) is 1.81. The summed E-state index contributed by atoms with van der Waals surface area (Å²) in [6.45, 7) is 2.13. The molecule has 1 aromatic rings. The van der Waals surface area contributed by atoms with Crippen molar-refractivity contribution in [3.05, 3.63) is 33.3 Å². The van der Waals surface area contributed by atoms with Crippen molar-refractivity contribution in [2.24, 2.45) is 0 Å². The predicted molar refractivity (Wildman–Crippen MR) is 67.6 cm³/mol. The Bertz CT molecular complexity index is 424. The third-order valence-corrected chi connectivity index (χ3v) is 3.52. The average Bonchev–Trinajstić information content (AvgIpc) is 2.54. The summed E-state index contributed by atoms with van der Waals surface area (Å²) in [5.41, 5.74) is 0.980. The first-order chi connectivity index (χ1) is 7.58. The topological polar surface area (TPSA) is 23.6 Å². The molecule has 86 valence electrons. The molecule has 0 radical (unpaired) electrons. The Balaban J connectivity index is 2.12. The Hall–Kier alpha value is -0.740. The smallest absolute Gasteiger partial charge is 0.320 e. The van der Waals surface area contributed by atoms with Crippen molar-refractivity contribution in [2.45, 2.75) is 6.54 Å². The first kappa shape index (κ1) is 11.7. The zero-order chi connectivity index (χ0) is 11.7. The first-order valence-electron chi connectivity index (χ1n) is 5.02. The maximum absolute atomic E-state index is 11.7. The number of carbonyl (C=O) groups excluding carboxylic acids is 1. The Labute approximate surface area is 108 Å². The highest BCUT2D eigenvalue weighted by atomic mass is 79.9. The summed E-state index contributed by atoms with van der Waals surface area (Å²) in [4.78, 5) is 15.2. The molecule has 1 aliphatic rings. The van der Waals surface area contributed by atoms with E-state index in [0.29, 0.717) is 11.6 Å². The molecule has 0 unspecified atom stereocenters. The Morgan fingerprint density at radius 3 is 2.75 bits per heavy atom. The number of urea groups is 1. The predicted octanol–water partition coefficient (Wildman–Crippen LogP) is 2.97. The maximum Gasteiger partial charge on any atom is 0.320 e. The van der Waals surface area contributed by atoms with Gasteiger partial charge in [0.2, 0.25) is 0 Å². The van der Waals surface area contributed by atoms with E-state index in [1.54, 1.807) is 9.80 Å². The van der Waals surface area contributed by atoms with Crippen LogP contribution in [0.5, 0.6) is 0 Å². The van der Waals surface area contributed by atoms with Crippen LogP contribution >= 0.6 is 27.5 Å². The van der Waals surface area contributed by atoms with E-state index >= 15 is 0 Å². The number of carbonyl (C=O) groups is 1. The Morgan fingerprint density at radius 2 is 2.19 bits per heavy atom. The minimum absolute atomic E-state index is 0.0685. The molecule has 2 rings (SSSR count). The highest BCUT2D eigenvalue weighted by Gasteiger charge is 2.25. The van der Waals surface area contributed by atoms with Crippen molar-refractivity contribution in [1.82, 2.24) is 9.80 Å². The number of halogens is 2. The van der Waals surface area contributed by atoms with E-state index < -0.39 is 0 Å². The molecule has 1 aliphatic heterocycles. The van der Waals surface area contributed by atoms with Crippen LogP contribution in [-0.4, -0.2) is 36.0 Å². The number of rotatable bonds is 2. The molecule has 1 aromatic carbocycles. The highest BCUT2D eigenvalue weighted by molar-refractivity contribution is 9.10. The van der Waals surface area contributed by atoms with Crippen molar-refractivity contribution in [3.8, 4) is 0 Å². The Morgan fingerprint density at radius 1 is 1.44 bits per heavy atom. The molecule has 0 bridgehead atoms. The van der Waals surface area contributed by atoms with Gasteiger partial charge in [-0.2, -0.15) is 0 Å². The van der Waals surface area contributed by atoms with Gasteiger partial charge in [-0.25, -0.2) is 4.79 Å². The van der Waals surface area contributed by atoms with E-state index in [9.17, 15) is 4.79 Å². The van der Waals surface area contributed by atoms with Gasteiger partial charge in [0.15, 0.2) is 0 Å². The third kappa shape index (κ3) is 2.33. The molecule has 1 fully saturated rings. The van der Waals surface area contributed by atoms with Crippen molar-refractivity contribution in [1.29, 1.82) is 0 Å². The van der Waals surface area contributed by atoms with Gasteiger partial charge < -0.3 is 9.80 Å². The Kier molecular flexibility index (Phi) is 3.40. The minimum Gasteiger partial charge on any atom is -0.326 e. The molecular formula is C11H12BrClN2O. The van der Waals surface area contributed by atoms with Crippen LogP contribution in [0.4, 0.5) is 4.79 Å². The van der Waals surface area contributed by atoms with Gasteiger partial charge in [0.1, 0.15) is 0 Å². The van der Waals surface area contributed by atoms with Gasteiger partial charge in [0.25, 0.3) is 0 Å². The van der Waals surface area contributed by atoms with E-state index in [-0.39, 0.29) is 6.03 Å². The van der Waals surface area contributed by atoms with Crippen molar-refractivity contribution in [2.75, 3.05) is 20.1 Å². The number of benzene rings is 1. The van der Waals surface area contributed by atoms with E-state index in [4.69, 9.17) is 11.6 Å². The van der Waals surface area contributed by atoms with Crippen LogP contribution in [0.2, 0.25) is 5.02 Å². The molecular weight excluding hydrogens is 291 g/mol. The normalized spacial score (nSPS) is 16.1. The van der Waals surface area contributed by atoms with E-state index in [2.05, 4.69) is 15.9 Å². The molecule has 2 amide bonds. The van der Waals surface area contributed by atoms with Gasteiger partial charge in [-0.3, -0.25) is 0 Å². The van der Waals surface area contributed by atoms with Crippen molar-refractivity contribution >= 4 is 33.6 Å². The zero-order valence-corrected chi connectivity index (χ0v) is 11.3. The molecule has 0 atom stereocenters. The number of hydrogen-bond donors (Lipinski definition) is 0. The van der Waals surface area contributed by atoms with E-state index in [1.165, 1.54) is 0 Å². The summed E-state index contributed by atoms with van der Waals surface area (Å²) >= 11 is 9.47. The zero-order valence-electron chi connectivity index (χ0n) is 8.91. The van der Waals surface area contributed by atoms with Crippen molar-refractivity contribution in [3.63, 3.8) is 0 Å². The fourth-order valence-corrected chi connectivity index (χ4v) is 2.44. The SMILES string of the molecule is CN1CCN(Cc2ccc(Br)cc2Cl)C1=O. The highest BCUT2D eigenvalue weighted by Crippen LogP contribution is 2.23. The van der Waals surface area contributed by atoms with Crippen LogP contribution in [0, 0.1) is 0 Å². The first-order valence-corrected chi connectivity index (χ1v) is 6.19. The summed E-state index contributed by atoms with van der Waals surface area (Å²) < 4.78 is 0.950. The number of hydrogen-bond acceptors (Lipinski definition) is 1. The van der Waals surface area contributed by atoms with Crippen molar-refractivity contribution < 1.29 is 4.79 Å². The van der Waals surface area contributed by atoms with Crippen LogP contribution in [0.25, 0.3) is 0 Å². The van der Waals surface area contributed by atoms with Gasteiger partial charge in [0.05, 0.1) is 0 Å². The summed E-state index contributed by atoms with van der Waals surface area (Å²) in [6.07, 6.45) is 0. The summed E-state index contributed by atoms with van der Waals surface area (Å²) in [5.74, 6) is 0. The van der Waals surface area contributed by atoms with E-state index in [1.807, 2.05) is 25.2 Å². The second-order valence-corrected chi connectivity index (χ2v) is 5.18. The molecule has 0 aliphatic carbocycles. The average molecular weight is 304 g/mol. The fourth-order valence-electron chi connectivity index (χ4n) is 1.71. The molecule has 0 N–H and O–H groups in total. The standard InChI is InChI=1S/C11H12BrClN2O/c1-14-4-5-15(11(14)16)7-8-2-3-9(12)6-10(8)13/h2-3,6H,4-5,7H2,1H3. The van der Waals surface area contributed by atoms with Gasteiger partial charge in [-0.05, 0) is 17.7 Å². The van der Waals surface area contributed by atoms with Gasteiger partial charge in [-0.1, -0.05) is 33.6 Å².